The van der Waals surface area contributed by atoms with Crippen LogP contribution in [0.5, 0.6) is 0 Å². The predicted molar refractivity (Wildman–Crippen MR) is 80.4 cm³/mol. The first kappa shape index (κ1) is 20.3. The van der Waals surface area contributed by atoms with Gasteiger partial charge in [-0.15, -0.1) is 24.8 Å². The van der Waals surface area contributed by atoms with Crippen molar-refractivity contribution in [2.24, 2.45) is 16.9 Å². The van der Waals surface area contributed by atoms with Gasteiger partial charge in [0.1, 0.15) is 0 Å². The Morgan fingerprint density at radius 3 is 2.28 bits per heavy atom. The van der Waals surface area contributed by atoms with Crippen LogP contribution in [0.1, 0.15) is 39.5 Å². The van der Waals surface area contributed by atoms with E-state index in [4.69, 9.17) is 11.5 Å². The molecule has 0 aromatic heterocycles. The van der Waals surface area contributed by atoms with E-state index in [0.29, 0.717) is 13.1 Å². The number of piperidine rings is 1. The van der Waals surface area contributed by atoms with E-state index >= 15 is 0 Å². The van der Waals surface area contributed by atoms with Gasteiger partial charge in [0.25, 0.3) is 0 Å². The van der Waals surface area contributed by atoms with Crippen LogP contribution in [0.25, 0.3) is 0 Å². The topological polar surface area (TPSA) is 72.4 Å². The fraction of sp³-hybridized carbons (Fsp3) is 0.917. The lowest BCUT2D eigenvalue weighted by atomic mass is 9.80. The van der Waals surface area contributed by atoms with Gasteiger partial charge < -0.3 is 16.4 Å². The summed E-state index contributed by atoms with van der Waals surface area (Å²) in [5.74, 6) is 0.204. The monoisotopic (exact) mass is 299 g/mol. The average Bonchev–Trinajstić information content (AvgIpc) is 2.32. The normalized spacial score (nSPS) is 19.8. The summed E-state index contributed by atoms with van der Waals surface area (Å²) in [5, 5.41) is 0. The van der Waals surface area contributed by atoms with E-state index in [1.807, 2.05) is 18.7 Å². The number of nitrogens with zero attached hydrogens (tertiary/aromatic N) is 1. The molecule has 4 nitrogen and oxygen atoms in total. The molecule has 1 saturated heterocycles. The van der Waals surface area contributed by atoms with Gasteiger partial charge in [-0.05, 0) is 25.7 Å². The third-order valence-corrected chi connectivity index (χ3v) is 3.94. The fourth-order valence-electron chi connectivity index (χ4n) is 2.46. The summed E-state index contributed by atoms with van der Waals surface area (Å²) in [6.07, 6.45) is 3.66. The number of carbonyl (C=O) groups excluding carboxylic acids is 1. The van der Waals surface area contributed by atoms with Crippen molar-refractivity contribution in [1.82, 2.24) is 4.90 Å². The van der Waals surface area contributed by atoms with E-state index in [1.165, 1.54) is 0 Å². The molecular weight excluding hydrogens is 273 g/mol. The lowest BCUT2D eigenvalue weighted by Gasteiger charge is -2.38. The van der Waals surface area contributed by atoms with Crippen molar-refractivity contribution in [3.8, 4) is 0 Å². The molecular formula is C12H27Cl2N3O. The quantitative estimate of drug-likeness (QED) is 0.827. The van der Waals surface area contributed by atoms with E-state index in [1.54, 1.807) is 0 Å². The maximum atomic E-state index is 12.4. The lowest BCUT2D eigenvalue weighted by molar-refractivity contribution is -0.143. The number of amides is 1. The zero-order valence-corrected chi connectivity index (χ0v) is 13.0. The minimum absolute atomic E-state index is 0. The molecule has 1 aliphatic rings. The van der Waals surface area contributed by atoms with E-state index in [-0.39, 0.29) is 42.2 Å². The maximum Gasteiger partial charge on any atom is 0.230 e. The molecule has 1 heterocycles. The molecule has 1 amide bonds. The van der Waals surface area contributed by atoms with Gasteiger partial charge in [0, 0.05) is 25.7 Å². The number of hydrogen-bond donors (Lipinski definition) is 2. The highest BCUT2D eigenvalue weighted by molar-refractivity contribution is 5.85. The summed E-state index contributed by atoms with van der Waals surface area (Å²) in [5.41, 5.74) is 11.3. The first-order valence-corrected chi connectivity index (χ1v) is 6.34. The van der Waals surface area contributed by atoms with Gasteiger partial charge in [0.15, 0.2) is 0 Å². The molecule has 1 rings (SSSR count). The Labute approximate surface area is 123 Å². The molecule has 4 N–H and O–H groups in total. The van der Waals surface area contributed by atoms with Crippen molar-refractivity contribution in [1.29, 1.82) is 0 Å². The molecule has 0 radical (unpaired) electrons. The highest BCUT2D eigenvalue weighted by Crippen LogP contribution is 2.28. The minimum atomic E-state index is -0.364. The van der Waals surface area contributed by atoms with E-state index in [2.05, 4.69) is 0 Å². The van der Waals surface area contributed by atoms with Gasteiger partial charge in [0.05, 0.1) is 5.41 Å². The second-order valence-electron chi connectivity index (χ2n) is 4.85. The van der Waals surface area contributed by atoms with Crippen molar-refractivity contribution in [3.63, 3.8) is 0 Å². The summed E-state index contributed by atoms with van der Waals surface area (Å²) >= 11 is 0. The molecule has 0 spiro atoms. The number of rotatable bonds is 4. The lowest BCUT2D eigenvalue weighted by Crippen LogP contribution is -2.53. The molecule has 1 fully saturated rings. The number of carbonyl (C=O) groups is 1. The standard InChI is InChI=1S/C12H25N3O.2ClH/c1-3-12(4-2,9-13)11(16)15-7-5-6-10(14)8-15;;/h10H,3-9,13-14H2,1-2H3;2*1H. The first-order chi connectivity index (χ1) is 7.59. The van der Waals surface area contributed by atoms with Crippen LogP contribution in [0.3, 0.4) is 0 Å². The molecule has 0 bridgehead atoms. The highest BCUT2D eigenvalue weighted by Gasteiger charge is 2.37. The van der Waals surface area contributed by atoms with Gasteiger partial charge in [-0.2, -0.15) is 0 Å². The molecule has 0 aromatic carbocycles. The Bertz CT molecular complexity index is 239. The third-order valence-electron chi connectivity index (χ3n) is 3.94. The fourth-order valence-corrected chi connectivity index (χ4v) is 2.46. The van der Waals surface area contributed by atoms with Crippen LogP contribution < -0.4 is 11.5 Å². The molecule has 6 heteroatoms. The van der Waals surface area contributed by atoms with Crippen molar-refractivity contribution in [2.75, 3.05) is 19.6 Å². The highest BCUT2D eigenvalue weighted by atomic mass is 35.5. The van der Waals surface area contributed by atoms with Crippen molar-refractivity contribution >= 4 is 30.7 Å². The summed E-state index contributed by atoms with van der Waals surface area (Å²) in [6, 6.07) is 0.141. The van der Waals surface area contributed by atoms with Crippen molar-refractivity contribution in [3.05, 3.63) is 0 Å². The number of hydrogen-bond acceptors (Lipinski definition) is 3. The Morgan fingerprint density at radius 1 is 1.33 bits per heavy atom. The zero-order chi connectivity index (χ0) is 12.2. The Hall–Kier alpha value is -0.0300. The number of halogens is 2. The second-order valence-corrected chi connectivity index (χ2v) is 4.85. The van der Waals surface area contributed by atoms with Crippen LogP contribution in [0.15, 0.2) is 0 Å². The Morgan fingerprint density at radius 2 is 1.89 bits per heavy atom. The molecule has 18 heavy (non-hydrogen) atoms. The Balaban J connectivity index is 0. The minimum Gasteiger partial charge on any atom is -0.341 e. The van der Waals surface area contributed by atoms with Crippen molar-refractivity contribution < 1.29 is 4.79 Å². The third kappa shape index (κ3) is 4.26. The average molecular weight is 300 g/mol. The van der Waals surface area contributed by atoms with Crippen LogP contribution >= 0.6 is 24.8 Å². The predicted octanol–water partition coefficient (Wildman–Crippen LogP) is 1.54. The van der Waals surface area contributed by atoms with Gasteiger partial charge in [-0.1, -0.05) is 13.8 Å². The van der Waals surface area contributed by atoms with Crippen LogP contribution in [-0.4, -0.2) is 36.5 Å². The molecule has 0 saturated carbocycles. The first-order valence-electron chi connectivity index (χ1n) is 6.34. The van der Waals surface area contributed by atoms with Crippen LogP contribution in [0.4, 0.5) is 0 Å². The maximum absolute atomic E-state index is 12.4. The van der Waals surface area contributed by atoms with Crippen LogP contribution in [0, 0.1) is 5.41 Å². The molecule has 1 unspecified atom stereocenters. The molecule has 1 atom stereocenters. The summed E-state index contributed by atoms with van der Waals surface area (Å²) < 4.78 is 0. The summed E-state index contributed by atoms with van der Waals surface area (Å²) in [4.78, 5) is 14.4. The van der Waals surface area contributed by atoms with Gasteiger partial charge in [0.2, 0.25) is 5.91 Å². The summed E-state index contributed by atoms with van der Waals surface area (Å²) in [6.45, 7) is 6.05. The van der Waals surface area contributed by atoms with E-state index in [0.717, 1.165) is 32.2 Å². The molecule has 1 aliphatic heterocycles. The van der Waals surface area contributed by atoms with Crippen LogP contribution in [-0.2, 0) is 4.79 Å². The molecule has 0 aromatic rings. The van der Waals surface area contributed by atoms with Gasteiger partial charge in [-0.25, -0.2) is 0 Å². The van der Waals surface area contributed by atoms with Gasteiger partial charge in [-0.3, -0.25) is 4.79 Å². The number of likely N-dealkylation sites (tertiary alicyclic amines) is 1. The largest absolute Gasteiger partial charge is 0.341 e. The zero-order valence-electron chi connectivity index (χ0n) is 11.4. The smallest absolute Gasteiger partial charge is 0.230 e. The second kappa shape index (κ2) is 8.97. The molecule has 110 valence electrons. The van der Waals surface area contributed by atoms with E-state index < -0.39 is 0 Å². The van der Waals surface area contributed by atoms with E-state index in [9.17, 15) is 4.79 Å². The van der Waals surface area contributed by atoms with Crippen molar-refractivity contribution in [2.45, 2.75) is 45.6 Å². The van der Waals surface area contributed by atoms with Gasteiger partial charge >= 0.3 is 0 Å². The van der Waals surface area contributed by atoms with Crippen LogP contribution in [0.2, 0.25) is 0 Å². The number of nitrogens with two attached hydrogens (primary N) is 2. The summed E-state index contributed by atoms with van der Waals surface area (Å²) in [7, 11) is 0. The molecule has 0 aliphatic carbocycles. The SMILES string of the molecule is CCC(CC)(CN)C(=O)N1CCCC(N)C1.Cl.Cl. The Kier molecular flexibility index (Phi) is 10.1.